The maximum absolute atomic E-state index is 4.05. The molecule has 1 heteroatoms. The Balaban J connectivity index is 1.41. The molecule has 308 valence electrons. The van der Waals surface area contributed by atoms with Crippen molar-refractivity contribution >= 4 is 11.4 Å². The predicted molar refractivity (Wildman–Crippen MR) is 252 cm³/mol. The third kappa shape index (κ3) is 8.99. The van der Waals surface area contributed by atoms with Crippen molar-refractivity contribution in [3.05, 3.63) is 107 Å². The lowest BCUT2D eigenvalue weighted by Gasteiger charge is -2.35. The van der Waals surface area contributed by atoms with Gasteiger partial charge in [-0.3, -0.25) is 0 Å². The molecule has 57 heavy (non-hydrogen) atoms. The van der Waals surface area contributed by atoms with Crippen LogP contribution < -0.4 is 5.32 Å². The van der Waals surface area contributed by atoms with E-state index in [0.717, 1.165) is 0 Å². The van der Waals surface area contributed by atoms with Gasteiger partial charge in [-0.25, -0.2) is 0 Å². The maximum atomic E-state index is 4.05. The normalized spacial score (nSPS) is 14.6. The summed E-state index contributed by atoms with van der Waals surface area (Å²) < 4.78 is 0. The minimum atomic E-state index is 0.0634. The first-order valence-electron chi connectivity index (χ1n) is 24.2. The van der Waals surface area contributed by atoms with Crippen LogP contribution >= 0.6 is 0 Å². The van der Waals surface area contributed by atoms with Crippen LogP contribution in [0.5, 0.6) is 0 Å². The van der Waals surface area contributed by atoms with Gasteiger partial charge in [0.1, 0.15) is 0 Å². The van der Waals surface area contributed by atoms with E-state index in [0.29, 0.717) is 0 Å². The molecule has 0 fully saturated rings. The molecule has 0 bridgehead atoms. The number of anilines is 2. The molecule has 2 aliphatic rings. The van der Waals surface area contributed by atoms with E-state index >= 15 is 0 Å². The summed E-state index contributed by atoms with van der Waals surface area (Å²) >= 11 is 0. The number of rotatable bonds is 25. The molecule has 0 amide bonds. The summed E-state index contributed by atoms with van der Waals surface area (Å²) in [5, 5.41) is 4.05. The molecule has 0 radical (unpaired) electrons. The van der Waals surface area contributed by atoms with Crippen LogP contribution in [0.3, 0.4) is 0 Å². The lowest BCUT2D eigenvalue weighted by Crippen LogP contribution is -2.27. The molecule has 1 N–H and O–H groups in total. The van der Waals surface area contributed by atoms with Gasteiger partial charge in [0.05, 0.1) is 0 Å². The largest absolute Gasteiger partial charge is 0.356 e. The van der Waals surface area contributed by atoms with E-state index < -0.39 is 0 Å². The van der Waals surface area contributed by atoms with Crippen LogP contribution in [0.1, 0.15) is 218 Å². The molecular weight excluding hydrogens is 687 g/mol. The number of benzene rings is 4. The van der Waals surface area contributed by atoms with E-state index in [1.807, 2.05) is 0 Å². The van der Waals surface area contributed by atoms with Crippen LogP contribution in [0.15, 0.2) is 78.9 Å². The van der Waals surface area contributed by atoms with Gasteiger partial charge in [-0.1, -0.05) is 206 Å². The topological polar surface area (TPSA) is 12.0 Å². The van der Waals surface area contributed by atoms with Crippen molar-refractivity contribution < 1.29 is 0 Å². The molecular formula is C56H79N. The van der Waals surface area contributed by atoms with Crippen LogP contribution in [0, 0.1) is 0 Å². The highest BCUT2D eigenvalue weighted by molar-refractivity contribution is 5.86. The minimum absolute atomic E-state index is 0.0634. The lowest BCUT2D eigenvalue weighted by molar-refractivity contribution is 0.397. The Labute approximate surface area is 350 Å². The van der Waals surface area contributed by atoms with Crippen molar-refractivity contribution in [2.24, 2.45) is 0 Å². The first kappa shape index (κ1) is 43.3. The predicted octanol–water partition coefficient (Wildman–Crippen LogP) is 17.9. The summed E-state index contributed by atoms with van der Waals surface area (Å²) in [6, 6.07) is 31.9. The van der Waals surface area contributed by atoms with Gasteiger partial charge in [-0.05, 0) is 118 Å². The number of fused-ring (bicyclic) bond motifs is 6. The average molecular weight is 766 g/mol. The molecule has 0 saturated carbocycles. The molecule has 0 saturated heterocycles. The molecule has 4 aromatic carbocycles. The second-order valence-electron chi connectivity index (χ2n) is 18.6. The van der Waals surface area contributed by atoms with E-state index in [1.54, 1.807) is 22.3 Å². The molecule has 0 spiro atoms. The summed E-state index contributed by atoms with van der Waals surface area (Å²) in [6.07, 6.45) is 28.3. The fraction of sp³-hybridized carbons (Fsp3) is 0.571. The number of nitrogens with one attached hydrogen (secondary N) is 1. The summed E-state index contributed by atoms with van der Waals surface area (Å²) in [6.45, 7) is 16.6. The van der Waals surface area contributed by atoms with Crippen LogP contribution in [-0.2, 0) is 16.2 Å². The van der Waals surface area contributed by atoms with Gasteiger partial charge >= 0.3 is 0 Å². The highest BCUT2D eigenvalue weighted by atomic mass is 14.9. The first-order valence-corrected chi connectivity index (χ1v) is 24.2. The van der Waals surface area contributed by atoms with E-state index in [1.165, 1.54) is 180 Å². The molecule has 2 aliphatic carbocycles. The Morgan fingerprint density at radius 2 is 0.789 bits per heavy atom. The zero-order chi connectivity index (χ0) is 40.3. The van der Waals surface area contributed by atoms with Crippen LogP contribution in [0.2, 0.25) is 0 Å². The fourth-order valence-electron chi connectivity index (χ4n) is 11.0. The Morgan fingerprint density at radius 1 is 0.404 bits per heavy atom. The highest BCUT2D eigenvalue weighted by Crippen LogP contribution is 2.57. The van der Waals surface area contributed by atoms with Gasteiger partial charge in [0.2, 0.25) is 0 Å². The highest BCUT2D eigenvalue weighted by Gasteiger charge is 2.44. The summed E-state index contributed by atoms with van der Waals surface area (Å²) in [4.78, 5) is 0. The molecule has 0 heterocycles. The SMILES string of the molecule is CCCCCCC1(CCCCCC)c2ccccc2-c2ccc(Nc3ccc4c(c3)C(CCCCCC)(CCCCCC)c3cc(C(C)(CC)CC)ccc3-4)cc21. The first-order chi connectivity index (χ1) is 27.8. The Morgan fingerprint density at radius 3 is 1.23 bits per heavy atom. The second-order valence-corrected chi connectivity index (χ2v) is 18.6. The zero-order valence-electron chi connectivity index (χ0n) is 37.6. The van der Waals surface area contributed by atoms with E-state index in [2.05, 4.69) is 133 Å². The molecule has 1 nitrogen and oxygen atoms in total. The van der Waals surface area contributed by atoms with Gasteiger partial charge < -0.3 is 5.32 Å². The number of hydrogen-bond donors (Lipinski definition) is 1. The van der Waals surface area contributed by atoms with Gasteiger partial charge in [-0.2, -0.15) is 0 Å². The molecule has 0 unspecified atom stereocenters. The van der Waals surface area contributed by atoms with Gasteiger partial charge in [0, 0.05) is 22.2 Å². The van der Waals surface area contributed by atoms with E-state index in [-0.39, 0.29) is 16.2 Å². The number of unbranched alkanes of at least 4 members (excludes halogenated alkanes) is 12. The third-order valence-electron chi connectivity index (χ3n) is 15.0. The Kier molecular flexibility index (Phi) is 15.3. The van der Waals surface area contributed by atoms with Crippen molar-refractivity contribution in [1.82, 2.24) is 0 Å². The standard InChI is InChI=1S/C56H79N/c1-8-14-18-24-36-55(37-25-19-15-9-2)50-29-23-22-28-46(50)48-34-31-44(41-52(48)55)57-45-32-35-49-47-33-30-43(54(7,12-5)13-6)40-51(47)56(53(49)42-45,38-26-20-16-10-3)39-27-21-17-11-4/h22-23,28-35,40-42,57H,8-21,24-27,36-39H2,1-7H3. The van der Waals surface area contributed by atoms with Crippen LogP contribution in [0.4, 0.5) is 11.4 Å². The summed E-state index contributed by atoms with van der Waals surface area (Å²) in [7, 11) is 0. The number of hydrogen-bond acceptors (Lipinski definition) is 1. The van der Waals surface area contributed by atoms with Gasteiger partial charge in [0.25, 0.3) is 0 Å². The van der Waals surface area contributed by atoms with Crippen molar-refractivity contribution in [3.63, 3.8) is 0 Å². The Hall–Kier alpha value is -3.32. The monoisotopic (exact) mass is 766 g/mol. The van der Waals surface area contributed by atoms with Gasteiger partial charge in [0.15, 0.2) is 0 Å². The maximum Gasteiger partial charge on any atom is 0.0387 e. The van der Waals surface area contributed by atoms with E-state index in [4.69, 9.17) is 0 Å². The molecule has 0 atom stereocenters. The van der Waals surface area contributed by atoms with Gasteiger partial charge in [-0.15, -0.1) is 0 Å². The van der Waals surface area contributed by atoms with Crippen molar-refractivity contribution in [1.29, 1.82) is 0 Å². The Bertz CT molecular complexity index is 1850. The molecule has 6 rings (SSSR count). The molecule has 0 aliphatic heterocycles. The second kappa shape index (κ2) is 20.1. The minimum Gasteiger partial charge on any atom is -0.356 e. The third-order valence-corrected chi connectivity index (χ3v) is 15.0. The smallest absolute Gasteiger partial charge is 0.0387 e. The van der Waals surface area contributed by atoms with Crippen molar-refractivity contribution in [2.75, 3.05) is 5.32 Å². The van der Waals surface area contributed by atoms with Crippen molar-refractivity contribution in [3.8, 4) is 22.3 Å². The molecule has 4 aromatic rings. The van der Waals surface area contributed by atoms with Crippen LogP contribution in [-0.4, -0.2) is 0 Å². The fourth-order valence-corrected chi connectivity index (χ4v) is 11.0. The van der Waals surface area contributed by atoms with E-state index in [9.17, 15) is 0 Å². The van der Waals surface area contributed by atoms with Crippen LogP contribution in [0.25, 0.3) is 22.3 Å². The lowest BCUT2D eigenvalue weighted by atomic mass is 9.69. The molecule has 0 aromatic heterocycles. The average Bonchev–Trinajstić information content (AvgIpc) is 3.67. The summed E-state index contributed by atoms with van der Waals surface area (Å²) in [5.41, 5.74) is 16.7. The quantitative estimate of drug-likeness (QED) is 0.0663. The summed E-state index contributed by atoms with van der Waals surface area (Å²) in [5.74, 6) is 0. The zero-order valence-corrected chi connectivity index (χ0v) is 37.6. The van der Waals surface area contributed by atoms with Crippen molar-refractivity contribution in [2.45, 2.75) is 206 Å².